The third-order valence-electron chi connectivity index (χ3n) is 4.40. The van der Waals surface area contributed by atoms with Crippen molar-refractivity contribution in [1.82, 2.24) is 15.0 Å². The van der Waals surface area contributed by atoms with Crippen LogP contribution in [-0.4, -0.2) is 34.0 Å². The molecule has 0 spiro atoms. The fourth-order valence-corrected chi connectivity index (χ4v) is 3.63. The highest BCUT2D eigenvalue weighted by atomic mass is 32.1. The predicted octanol–water partition coefficient (Wildman–Crippen LogP) is 4.11. The van der Waals surface area contributed by atoms with Crippen molar-refractivity contribution >= 4 is 23.3 Å². The summed E-state index contributed by atoms with van der Waals surface area (Å²) in [6.07, 6.45) is 3.27. The van der Waals surface area contributed by atoms with Crippen LogP contribution in [0.4, 0.5) is 8.78 Å². The van der Waals surface area contributed by atoms with Crippen molar-refractivity contribution in [2.45, 2.75) is 12.3 Å². The molecule has 4 rings (SSSR count). The first-order valence-electron chi connectivity index (χ1n) is 8.39. The quantitative estimate of drug-likeness (QED) is 0.633. The Kier molecular flexibility index (Phi) is 4.81. The molecule has 27 heavy (non-hydrogen) atoms. The van der Waals surface area contributed by atoms with Crippen molar-refractivity contribution < 1.29 is 18.1 Å². The molecule has 0 saturated carbocycles. The minimum Gasteiger partial charge on any atom is -0.338 e. The van der Waals surface area contributed by atoms with Crippen molar-refractivity contribution in [2.24, 2.45) is 0 Å². The molecule has 8 heteroatoms. The Labute approximate surface area is 157 Å². The van der Waals surface area contributed by atoms with Crippen molar-refractivity contribution in [3.8, 4) is 10.8 Å². The van der Waals surface area contributed by atoms with Gasteiger partial charge in [0, 0.05) is 30.6 Å². The third-order valence-corrected chi connectivity index (χ3v) is 5.26. The molecule has 1 atom stereocenters. The second kappa shape index (κ2) is 7.40. The largest absolute Gasteiger partial charge is 0.338 e. The highest BCUT2D eigenvalue weighted by molar-refractivity contribution is 7.13. The Morgan fingerprint density at radius 1 is 1.33 bits per heavy atom. The monoisotopic (exact) mass is 387 g/mol. The Morgan fingerprint density at radius 3 is 3.04 bits per heavy atom. The summed E-state index contributed by atoms with van der Waals surface area (Å²) >= 11 is 1.52. The maximum Gasteiger partial charge on any atom is 0.267 e. The summed E-state index contributed by atoms with van der Waals surface area (Å²) in [6, 6.07) is 6.94. The molecule has 0 N–H and O–H groups in total. The van der Waals surface area contributed by atoms with Gasteiger partial charge in [0.25, 0.3) is 5.89 Å². The summed E-state index contributed by atoms with van der Waals surface area (Å²) < 4.78 is 32.1. The zero-order valence-corrected chi connectivity index (χ0v) is 15.0. The highest BCUT2D eigenvalue weighted by Gasteiger charge is 2.30. The first kappa shape index (κ1) is 17.5. The molecule has 2 aromatic heterocycles. The van der Waals surface area contributed by atoms with Crippen LogP contribution in [0.15, 0.2) is 46.3 Å². The molecule has 5 nitrogen and oxygen atoms in total. The van der Waals surface area contributed by atoms with Gasteiger partial charge in [-0.1, -0.05) is 11.2 Å². The molecule has 1 unspecified atom stereocenters. The minimum absolute atomic E-state index is 0.00859. The van der Waals surface area contributed by atoms with E-state index in [2.05, 4.69) is 10.1 Å². The maximum absolute atomic E-state index is 13.6. The van der Waals surface area contributed by atoms with Gasteiger partial charge >= 0.3 is 0 Å². The first-order chi connectivity index (χ1) is 13.1. The van der Waals surface area contributed by atoms with E-state index in [9.17, 15) is 13.6 Å². The molecule has 3 heterocycles. The van der Waals surface area contributed by atoms with E-state index >= 15 is 0 Å². The molecular formula is C19H15F2N3O2S. The number of rotatable bonds is 4. The van der Waals surface area contributed by atoms with E-state index in [-0.39, 0.29) is 17.4 Å². The Hall–Kier alpha value is -2.87. The summed E-state index contributed by atoms with van der Waals surface area (Å²) in [5.74, 6) is -0.343. The highest BCUT2D eigenvalue weighted by Crippen LogP contribution is 2.29. The summed E-state index contributed by atoms with van der Waals surface area (Å²) in [6.45, 7) is 1.00. The maximum atomic E-state index is 13.6. The predicted molar refractivity (Wildman–Crippen MR) is 96.9 cm³/mol. The van der Waals surface area contributed by atoms with Crippen molar-refractivity contribution in [3.63, 3.8) is 0 Å². The van der Waals surface area contributed by atoms with Gasteiger partial charge in [-0.2, -0.15) is 4.98 Å². The second-order valence-electron chi connectivity index (χ2n) is 6.20. The smallest absolute Gasteiger partial charge is 0.267 e. The SMILES string of the molecule is O=C(/C=C\c1cc(F)ccc1F)N1CCC(c2noc(-c3cccs3)n2)C1. The Morgan fingerprint density at radius 2 is 2.22 bits per heavy atom. The molecule has 138 valence electrons. The fourth-order valence-electron chi connectivity index (χ4n) is 2.98. The van der Waals surface area contributed by atoms with Crippen LogP contribution in [0.1, 0.15) is 23.7 Å². The molecule has 1 amide bonds. The van der Waals surface area contributed by atoms with Gasteiger partial charge in [-0.3, -0.25) is 4.79 Å². The number of carbonyl (C=O) groups excluding carboxylic acids is 1. The van der Waals surface area contributed by atoms with E-state index in [1.165, 1.54) is 23.5 Å². The van der Waals surface area contributed by atoms with E-state index in [1.807, 2.05) is 17.5 Å². The fraction of sp³-hybridized carbons (Fsp3) is 0.211. The van der Waals surface area contributed by atoms with Gasteiger partial charge in [0.15, 0.2) is 5.82 Å². The average molecular weight is 387 g/mol. The Balaban J connectivity index is 1.41. The number of nitrogens with zero attached hydrogens (tertiary/aromatic N) is 3. The van der Waals surface area contributed by atoms with Crippen LogP contribution in [0.25, 0.3) is 16.8 Å². The van der Waals surface area contributed by atoms with E-state index < -0.39 is 11.6 Å². The number of benzene rings is 1. The van der Waals surface area contributed by atoms with E-state index in [4.69, 9.17) is 4.52 Å². The van der Waals surface area contributed by atoms with Crippen LogP contribution < -0.4 is 0 Å². The number of likely N-dealkylation sites (tertiary alicyclic amines) is 1. The molecular weight excluding hydrogens is 372 g/mol. The van der Waals surface area contributed by atoms with Gasteiger partial charge in [0.2, 0.25) is 5.91 Å². The minimum atomic E-state index is -0.576. The normalized spacial score (nSPS) is 17.1. The lowest BCUT2D eigenvalue weighted by molar-refractivity contribution is -0.124. The summed E-state index contributed by atoms with van der Waals surface area (Å²) in [5.41, 5.74) is 0.0397. The van der Waals surface area contributed by atoms with Crippen LogP contribution in [0.3, 0.4) is 0 Å². The van der Waals surface area contributed by atoms with Crippen LogP contribution in [-0.2, 0) is 4.79 Å². The number of amides is 1. The molecule has 1 fully saturated rings. The van der Waals surface area contributed by atoms with Crippen molar-refractivity contribution in [2.75, 3.05) is 13.1 Å². The number of hydrogen-bond acceptors (Lipinski definition) is 5. The number of aromatic nitrogens is 2. The summed E-state index contributed by atoms with van der Waals surface area (Å²) in [5, 5.41) is 5.97. The van der Waals surface area contributed by atoms with E-state index in [0.29, 0.717) is 24.8 Å². The number of carbonyl (C=O) groups is 1. The third kappa shape index (κ3) is 3.80. The average Bonchev–Trinajstić information content (AvgIpc) is 3.40. The van der Waals surface area contributed by atoms with Crippen LogP contribution in [0.5, 0.6) is 0 Å². The molecule has 1 aromatic carbocycles. The van der Waals surface area contributed by atoms with E-state index in [1.54, 1.807) is 4.90 Å². The Bertz CT molecular complexity index is 985. The van der Waals surface area contributed by atoms with E-state index in [0.717, 1.165) is 29.5 Å². The van der Waals surface area contributed by atoms with Gasteiger partial charge in [0.1, 0.15) is 11.6 Å². The zero-order valence-electron chi connectivity index (χ0n) is 14.1. The number of hydrogen-bond donors (Lipinski definition) is 0. The molecule has 0 bridgehead atoms. The van der Waals surface area contributed by atoms with Crippen molar-refractivity contribution in [3.05, 3.63) is 64.8 Å². The zero-order chi connectivity index (χ0) is 18.8. The summed E-state index contributed by atoms with van der Waals surface area (Å²) in [4.78, 5) is 19.3. The molecule has 3 aromatic rings. The van der Waals surface area contributed by atoms with Gasteiger partial charge < -0.3 is 9.42 Å². The topological polar surface area (TPSA) is 59.2 Å². The lowest BCUT2D eigenvalue weighted by atomic mass is 10.1. The molecule has 1 aliphatic heterocycles. The standard InChI is InChI=1S/C19H15F2N3O2S/c20-14-4-5-15(21)12(10-14)3-6-17(25)24-8-7-13(11-24)18-22-19(26-23-18)16-2-1-9-27-16/h1-6,9-10,13H,7-8,11H2/b6-3-. The number of thiophene rings is 1. The molecule has 0 radical (unpaired) electrons. The lowest BCUT2D eigenvalue weighted by Gasteiger charge is -2.13. The van der Waals surface area contributed by atoms with Gasteiger partial charge in [-0.05, 0) is 42.1 Å². The summed E-state index contributed by atoms with van der Waals surface area (Å²) in [7, 11) is 0. The molecule has 0 aliphatic carbocycles. The lowest BCUT2D eigenvalue weighted by Crippen LogP contribution is -2.26. The van der Waals surface area contributed by atoms with Crippen molar-refractivity contribution in [1.29, 1.82) is 0 Å². The van der Waals surface area contributed by atoms with Gasteiger partial charge in [0.05, 0.1) is 4.88 Å². The van der Waals surface area contributed by atoms with Crippen LogP contribution in [0.2, 0.25) is 0 Å². The number of halogens is 2. The van der Waals surface area contributed by atoms with Crippen LogP contribution >= 0.6 is 11.3 Å². The molecule has 1 aliphatic rings. The second-order valence-corrected chi connectivity index (χ2v) is 7.15. The first-order valence-corrected chi connectivity index (χ1v) is 9.27. The van der Waals surface area contributed by atoms with Crippen LogP contribution in [0, 0.1) is 11.6 Å². The van der Waals surface area contributed by atoms with Gasteiger partial charge in [-0.25, -0.2) is 8.78 Å². The molecule has 1 saturated heterocycles. The van der Waals surface area contributed by atoms with Gasteiger partial charge in [-0.15, -0.1) is 11.3 Å².